The van der Waals surface area contributed by atoms with Crippen molar-refractivity contribution in [2.75, 3.05) is 26.2 Å². The Morgan fingerprint density at radius 3 is 2.16 bits per heavy atom. The number of aliphatic hydroxyl groups excluding tert-OH is 1. The summed E-state index contributed by atoms with van der Waals surface area (Å²) in [6, 6.07) is 0. The summed E-state index contributed by atoms with van der Waals surface area (Å²) in [4.78, 5) is 2.62. The summed E-state index contributed by atoms with van der Waals surface area (Å²) in [5.41, 5.74) is 0.742. The number of likely N-dealkylation sites (tertiary alicyclic amines) is 1. The predicted molar refractivity (Wildman–Crippen MR) is 76.9 cm³/mol. The second kappa shape index (κ2) is 4.73. The fourth-order valence-corrected chi connectivity index (χ4v) is 6.26. The highest BCUT2D eigenvalue weighted by molar-refractivity contribution is 5.01. The van der Waals surface area contributed by atoms with Gasteiger partial charge in [-0.2, -0.15) is 0 Å². The van der Waals surface area contributed by atoms with Crippen LogP contribution in [0.3, 0.4) is 0 Å². The van der Waals surface area contributed by atoms with E-state index in [1.54, 1.807) is 38.5 Å². The van der Waals surface area contributed by atoms with Crippen LogP contribution < -0.4 is 0 Å². The summed E-state index contributed by atoms with van der Waals surface area (Å²) >= 11 is 0. The third-order valence-corrected chi connectivity index (χ3v) is 6.75. The van der Waals surface area contributed by atoms with Crippen LogP contribution in [0.1, 0.15) is 51.4 Å². The summed E-state index contributed by atoms with van der Waals surface area (Å²) in [6.45, 7) is 4.09. The van der Waals surface area contributed by atoms with Gasteiger partial charge in [0.1, 0.15) is 0 Å². The number of rotatable bonds is 4. The number of nitrogens with zero attached hydrogens (tertiary/aromatic N) is 1. The Kier molecular flexibility index (Phi) is 3.15. The van der Waals surface area contributed by atoms with Gasteiger partial charge in [0.05, 0.1) is 0 Å². The molecular formula is C17H29NO. The van der Waals surface area contributed by atoms with Gasteiger partial charge in [0.2, 0.25) is 0 Å². The van der Waals surface area contributed by atoms with Crippen molar-refractivity contribution >= 4 is 0 Å². The van der Waals surface area contributed by atoms with Crippen LogP contribution in [0.2, 0.25) is 0 Å². The summed E-state index contributed by atoms with van der Waals surface area (Å²) in [6.07, 6.45) is 12.0. The lowest BCUT2D eigenvalue weighted by molar-refractivity contribution is -0.0604. The lowest BCUT2D eigenvalue weighted by atomic mass is 9.49. The fourth-order valence-electron chi connectivity index (χ4n) is 6.26. The summed E-state index contributed by atoms with van der Waals surface area (Å²) in [5, 5.41) is 9.26. The minimum absolute atomic E-state index is 0.397. The third kappa shape index (κ3) is 2.35. The van der Waals surface area contributed by atoms with E-state index in [-0.39, 0.29) is 0 Å². The maximum Gasteiger partial charge on any atom is 0.0471 e. The van der Waals surface area contributed by atoms with Crippen molar-refractivity contribution in [2.24, 2.45) is 29.1 Å². The fraction of sp³-hybridized carbons (Fsp3) is 1.00. The monoisotopic (exact) mass is 263 g/mol. The topological polar surface area (TPSA) is 23.5 Å². The molecule has 1 heterocycles. The summed E-state index contributed by atoms with van der Waals surface area (Å²) in [5.74, 6) is 3.84. The van der Waals surface area contributed by atoms with Crippen LogP contribution in [-0.4, -0.2) is 36.2 Å². The van der Waals surface area contributed by atoms with E-state index in [0.717, 1.165) is 29.7 Å². The minimum atomic E-state index is 0.397. The van der Waals surface area contributed by atoms with Gasteiger partial charge in [0.25, 0.3) is 0 Å². The number of aliphatic hydroxyl groups is 1. The maximum atomic E-state index is 9.26. The highest BCUT2D eigenvalue weighted by atomic mass is 16.3. The molecule has 4 aliphatic carbocycles. The van der Waals surface area contributed by atoms with Crippen LogP contribution >= 0.6 is 0 Å². The highest BCUT2D eigenvalue weighted by Crippen LogP contribution is 2.61. The average Bonchev–Trinajstić information content (AvgIpc) is 2.83. The molecule has 1 atom stereocenters. The quantitative estimate of drug-likeness (QED) is 0.843. The van der Waals surface area contributed by atoms with Gasteiger partial charge in [-0.1, -0.05) is 0 Å². The van der Waals surface area contributed by atoms with Crippen molar-refractivity contribution in [3.63, 3.8) is 0 Å². The zero-order valence-corrected chi connectivity index (χ0v) is 12.2. The maximum absolute atomic E-state index is 9.26. The van der Waals surface area contributed by atoms with Gasteiger partial charge in [0, 0.05) is 13.2 Å². The zero-order chi connectivity index (χ0) is 12.9. The van der Waals surface area contributed by atoms with Crippen molar-refractivity contribution in [1.29, 1.82) is 0 Å². The largest absolute Gasteiger partial charge is 0.396 e. The average molecular weight is 263 g/mol. The lowest BCUT2D eigenvalue weighted by Gasteiger charge is -2.57. The van der Waals surface area contributed by atoms with Crippen molar-refractivity contribution in [3.05, 3.63) is 0 Å². The molecule has 5 aliphatic rings. The molecule has 0 aromatic heterocycles. The molecule has 0 amide bonds. The Morgan fingerprint density at radius 1 is 1.00 bits per heavy atom. The molecule has 1 aliphatic heterocycles. The molecule has 4 saturated carbocycles. The van der Waals surface area contributed by atoms with E-state index in [2.05, 4.69) is 4.90 Å². The van der Waals surface area contributed by atoms with Crippen LogP contribution in [0, 0.1) is 29.1 Å². The van der Waals surface area contributed by atoms with Crippen molar-refractivity contribution in [1.82, 2.24) is 4.90 Å². The third-order valence-electron chi connectivity index (χ3n) is 6.75. The second-order valence-corrected chi connectivity index (χ2v) is 8.31. The van der Waals surface area contributed by atoms with Gasteiger partial charge in [-0.3, -0.25) is 0 Å². The minimum Gasteiger partial charge on any atom is -0.396 e. The first-order chi connectivity index (χ1) is 9.25. The van der Waals surface area contributed by atoms with E-state index in [1.165, 1.54) is 25.9 Å². The summed E-state index contributed by atoms with van der Waals surface area (Å²) in [7, 11) is 0. The molecule has 19 heavy (non-hydrogen) atoms. The molecule has 4 bridgehead atoms. The zero-order valence-electron chi connectivity index (χ0n) is 12.2. The van der Waals surface area contributed by atoms with Crippen LogP contribution in [0.5, 0.6) is 0 Å². The second-order valence-electron chi connectivity index (χ2n) is 8.31. The lowest BCUT2D eigenvalue weighted by Crippen LogP contribution is -2.47. The molecule has 1 N–H and O–H groups in total. The molecule has 5 rings (SSSR count). The van der Waals surface area contributed by atoms with Crippen LogP contribution in [0.15, 0.2) is 0 Å². The Bertz CT molecular complexity index is 305. The van der Waals surface area contributed by atoms with Crippen molar-refractivity contribution < 1.29 is 5.11 Å². The van der Waals surface area contributed by atoms with Gasteiger partial charge >= 0.3 is 0 Å². The molecule has 1 unspecified atom stereocenters. The standard InChI is InChI=1S/C17H29NO/c19-12-13-1-3-18(11-13)4-2-17-8-14-5-15(9-17)7-16(6-14)10-17/h13-16,19H,1-12H2. The van der Waals surface area contributed by atoms with Crippen molar-refractivity contribution in [2.45, 2.75) is 51.4 Å². The van der Waals surface area contributed by atoms with Gasteiger partial charge in [0.15, 0.2) is 0 Å². The molecule has 0 aromatic rings. The van der Waals surface area contributed by atoms with E-state index in [0.29, 0.717) is 12.5 Å². The molecule has 1 saturated heterocycles. The molecular weight excluding hydrogens is 234 g/mol. The van der Waals surface area contributed by atoms with Crippen molar-refractivity contribution in [3.8, 4) is 0 Å². The van der Waals surface area contributed by atoms with Gasteiger partial charge in [-0.15, -0.1) is 0 Å². The van der Waals surface area contributed by atoms with Crippen LogP contribution in [0.25, 0.3) is 0 Å². The van der Waals surface area contributed by atoms with Gasteiger partial charge in [-0.05, 0) is 93.5 Å². The van der Waals surface area contributed by atoms with E-state index in [1.807, 2.05) is 0 Å². The first-order valence-electron chi connectivity index (χ1n) is 8.58. The van der Waals surface area contributed by atoms with Gasteiger partial charge < -0.3 is 10.0 Å². The SMILES string of the molecule is OCC1CCN(CCC23CC4CC(CC(C4)C2)C3)C1. The Balaban J connectivity index is 1.35. The number of hydrogen-bond acceptors (Lipinski definition) is 2. The molecule has 0 aromatic carbocycles. The Morgan fingerprint density at radius 2 is 1.63 bits per heavy atom. The first kappa shape index (κ1) is 12.6. The molecule has 5 fully saturated rings. The van der Waals surface area contributed by atoms with E-state index in [4.69, 9.17) is 0 Å². The normalized spacial score (nSPS) is 49.1. The number of hydrogen-bond donors (Lipinski definition) is 1. The first-order valence-corrected chi connectivity index (χ1v) is 8.58. The smallest absolute Gasteiger partial charge is 0.0471 e. The predicted octanol–water partition coefficient (Wildman–Crippen LogP) is 2.91. The van der Waals surface area contributed by atoms with E-state index < -0.39 is 0 Å². The molecule has 0 radical (unpaired) electrons. The molecule has 2 heteroatoms. The molecule has 2 nitrogen and oxygen atoms in total. The molecule has 0 spiro atoms. The van der Waals surface area contributed by atoms with Gasteiger partial charge in [-0.25, -0.2) is 0 Å². The van der Waals surface area contributed by atoms with Crippen LogP contribution in [0.4, 0.5) is 0 Å². The highest BCUT2D eigenvalue weighted by Gasteiger charge is 2.50. The van der Waals surface area contributed by atoms with E-state index >= 15 is 0 Å². The van der Waals surface area contributed by atoms with E-state index in [9.17, 15) is 5.11 Å². The Labute approximate surface area is 117 Å². The van der Waals surface area contributed by atoms with Crippen LogP contribution in [-0.2, 0) is 0 Å². The Hall–Kier alpha value is -0.0800. The summed E-state index contributed by atoms with van der Waals surface area (Å²) < 4.78 is 0. The molecule has 108 valence electrons.